The van der Waals surface area contributed by atoms with E-state index in [1.54, 1.807) is 25.1 Å². The van der Waals surface area contributed by atoms with Crippen LogP contribution in [-0.4, -0.2) is 25.0 Å². The molecule has 0 heterocycles. The van der Waals surface area contributed by atoms with Gasteiger partial charge in [-0.1, -0.05) is 17.7 Å². The van der Waals surface area contributed by atoms with Crippen LogP contribution in [0, 0.1) is 11.6 Å². The van der Waals surface area contributed by atoms with E-state index in [9.17, 15) is 18.4 Å². The first-order valence-corrected chi connectivity index (χ1v) is 9.92. The number of hydrogen-bond donors (Lipinski definition) is 3. The molecule has 0 spiro atoms. The van der Waals surface area contributed by atoms with Crippen molar-refractivity contribution in [2.24, 2.45) is 0 Å². The van der Waals surface area contributed by atoms with Crippen molar-refractivity contribution in [1.82, 2.24) is 0 Å². The number of anilines is 3. The lowest BCUT2D eigenvalue weighted by Crippen LogP contribution is -2.31. The lowest BCUT2D eigenvalue weighted by Gasteiger charge is -2.17. The number of carbonyl (C=O) groups is 2. The number of carbonyl (C=O) groups excluding carboxylic acids is 2. The Bertz CT molecular complexity index is 1160. The van der Waals surface area contributed by atoms with E-state index in [2.05, 4.69) is 16.0 Å². The summed E-state index contributed by atoms with van der Waals surface area (Å²) in [5.41, 5.74) is 1.37. The molecule has 32 heavy (non-hydrogen) atoms. The second-order valence-corrected chi connectivity index (χ2v) is 7.27. The van der Waals surface area contributed by atoms with E-state index in [1.807, 2.05) is 0 Å². The fraction of sp³-hybridized carbons (Fsp3) is 0.130. The van der Waals surface area contributed by atoms with E-state index in [0.717, 1.165) is 12.1 Å². The van der Waals surface area contributed by atoms with Gasteiger partial charge in [-0.2, -0.15) is 0 Å². The maximum atomic E-state index is 13.4. The Labute approximate surface area is 188 Å². The number of halogens is 3. The maximum absolute atomic E-state index is 13.4. The van der Waals surface area contributed by atoms with Crippen molar-refractivity contribution in [1.29, 1.82) is 0 Å². The summed E-state index contributed by atoms with van der Waals surface area (Å²) in [4.78, 5) is 25.0. The Kier molecular flexibility index (Phi) is 7.27. The molecule has 0 radical (unpaired) electrons. The van der Waals surface area contributed by atoms with Crippen molar-refractivity contribution in [2.45, 2.75) is 13.0 Å². The highest BCUT2D eigenvalue weighted by Gasteiger charge is 2.16. The van der Waals surface area contributed by atoms with Crippen LogP contribution in [0.5, 0.6) is 5.75 Å². The van der Waals surface area contributed by atoms with Crippen LogP contribution in [-0.2, 0) is 4.79 Å². The SMILES string of the molecule is COc1ccc(NC(C)C(=O)Nc2ccc(F)c(Cl)c2)cc1NC(=O)c1cccc(F)c1. The summed E-state index contributed by atoms with van der Waals surface area (Å²) in [6.07, 6.45) is 0. The van der Waals surface area contributed by atoms with Crippen LogP contribution in [0.1, 0.15) is 17.3 Å². The average Bonchev–Trinajstić information content (AvgIpc) is 2.76. The van der Waals surface area contributed by atoms with Crippen molar-refractivity contribution in [3.05, 3.63) is 82.9 Å². The maximum Gasteiger partial charge on any atom is 0.255 e. The summed E-state index contributed by atoms with van der Waals surface area (Å²) < 4.78 is 32.0. The van der Waals surface area contributed by atoms with Gasteiger partial charge in [-0.05, 0) is 61.5 Å². The molecule has 0 aliphatic rings. The minimum absolute atomic E-state index is 0.0998. The van der Waals surface area contributed by atoms with Crippen molar-refractivity contribution in [3.8, 4) is 5.75 Å². The molecule has 0 fully saturated rings. The predicted octanol–water partition coefficient (Wildman–Crippen LogP) is 5.32. The van der Waals surface area contributed by atoms with Gasteiger partial charge in [-0.25, -0.2) is 8.78 Å². The van der Waals surface area contributed by atoms with Crippen molar-refractivity contribution in [2.75, 3.05) is 23.1 Å². The second kappa shape index (κ2) is 10.1. The van der Waals surface area contributed by atoms with Crippen LogP contribution in [0.3, 0.4) is 0 Å². The predicted molar refractivity (Wildman–Crippen MR) is 120 cm³/mol. The summed E-state index contributed by atoms with van der Waals surface area (Å²) in [7, 11) is 1.45. The fourth-order valence-corrected chi connectivity index (χ4v) is 3.04. The molecule has 0 bridgehead atoms. The number of benzene rings is 3. The molecule has 3 rings (SSSR count). The van der Waals surface area contributed by atoms with Crippen LogP contribution in [0.15, 0.2) is 60.7 Å². The summed E-state index contributed by atoms with van der Waals surface area (Å²) in [5.74, 6) is -1.62. The van der Waals surface area contributed by atoms with E-state index >= 15 is 0 Å². The van der Waals surface area contributed by atoms with Crippen LogP contribution in [0.25, 0.3) is 0 Å². The molecule has 0 aliphatic carbocycles. The number of methoxy groups -OCH3 is 1. The topological polar surface area (TPSA) is 79.5 Å². The normalized spacial score (nSPS) is 11.4. The number of rotatable bonds is 7. The van der Waals surface area contributed by atoms with Gasteiger partial charge in [-0.3, -0.25) is 9.59 Å². The van der Waals surface area contributed by atoms with Gasteiger partial charge in [0.05, 0.1) is 17.8 Å². The van der Waals surface area contributed by atoms with Crippen LogP contribution in [0.4, 0.5) is 25.8 Å². The van der Waals surface area contributed by atoms with Gasteiger partial charge in [0, 0.05) is 16.9 Å². The lowest BCUT2D eigenvalue weighted by molar-refractivity contribution is -0.116. The van der Waals surface area contributed by atoms with Crippen LogP contribution < -0.4 is 20.7 Å². The van der Waals surface area contributed by atoms with Crippen molar-refractivity contribution in [3.63, 3.8) is 0 Å². The monoisotopic (exact) mass is 459 g/mol. The Morgan fingerprint density at radius 3 is 2.41 bits per heavy atom. The standard InChI is InChI=1S/C23H20ClF2N3O3/c1-13(22(30)28-16-6-8-19(26)18(24)11-16)27-17-7-9-21(32-2)20(12-17)29-23(31)14-4-3-5-15(25)10-14/h3-13,27H,1-2H3,(H,28,30)(H,29,31). The molecule has 9 heteroatoms. The lowest BCUT2D eigenvalue weighted by atomic mass is 10.2. The van der Waals surface area contributed by atoms with E-state index < -0.39 is 23.6 Å². The first-order valence-electron chi connectivity index (χ1n) is 9.54. The Balaban J connectivity index is 1.71. The zero-order chi connectivity index (χ0) is 23.3. The van der Waals surface area contributed by atoms with Crippen LogP contribution >= 0.6 is 11.6 Å². The molecule has 2 amide bonds. The van der Waals surface area contributed by atoms with Gasteiger partial charge in [-0.15, -0.1) is 0 Å². The first kappa shape index (κ1) is 23.0. The molecule has 166 valence electrons. The molecule has 3 N–H and O–H groups in total. The smallest absolute Gasteiger partial charge is 0.255 e. The van der Waals surface area contributed by atoms with Gasteiger partial charge in [0.2, 0.25) is 5.91 Å². The Morgan fingerprint density at radius 2 is 1.72 bits per heavy atom. The molecule has 0 saturated heterocycles. The number of nitrogens with one attached hydrogen (secondary N) is 3. The minimum atomic E-state index is -0.681. The van der Waals surface area contributed by atoms with Crippen molar-refractivity contribution < 1.29 is 23.1 Å². The fourth-order valence-electron chi connectivity index (χ4n) is 2.86. The molecule has 1 unspecified atom stereocenters. The minimum Gasteiger partial charge on any atom is -0.495 e. The van der Waals surface area contributed by atoms with Gasteiger partial charge >= 0.3 is 0 Å². The summed E-state index contributed by atoms with van der Waals surface area (Å²) in [6, 6.07) is 13.4. The number of ether oxygens (including phenoxy) is 1. The zero-order valence-corrected chi connectivity index (χ0v) is 18.0. The van der Waals surface area contributed by atoms with Gasteiger partial charge in [0.15, 0.2) is 0 Å². The number of hydrogen-bond acceptors (Lipinski definition) is 4. The second-order valence-electron chi connectivity index (χ2n) is 6.86. The third-order valence-corrected chi connectivity index (χ3v) is 4.79. The number of amides is 2. The third kappa shape index (κ3) is 5.73. The first-order chi connectivity index (χ1) is 15.3. The molecule has 1 atom stereocenters. The molecule has 3 aromatic carbocycles. The highest BCUT2D eigenvalue weighted by atomic mass is 35.5. The van der Waals surface area contributed by atoms with Crippen LogP contribution in [0.2, 0.25) is 5.02 Å². The molecule has 0 aliphatic heterocycles. The van der Waals surface area contributed by atoms with E-state index in [1.165, 1.54) is 37.4 Å². The molecule has 6 nitrogen and oxygen atoms in total. The summed E-state index contributed by atoms with van der Waals surface area (Å²) >= 11 is 5.74. The molecular weight excluding hydrogens is 440 g/mol. The highest BCUT2D eigenvalue weighted by molar-refractivity contribution is 6.31. The quantitative estimate of drug-likeness (QED) is 0.447. The summed E-state index contributed by atoms with van der Waals surface area (Å²) in [6.45, 7) is 1.63. The van der Waals surface area contributed by atoms with Gasteiger partial charge in [0.25, 0.3) is 5.91 Å². The third-order valence-electron chi connectivity index (χ3n) is 4.50. The van der Waals surface area contributed by atoms with E-state index in [-0.39, 0.29) is 16.5 Å². The van der Waals surface area contributed by atoms with Gasteiger partial charge < -0.3 is 20.7 Å². The average molecular weight is 460 g/mol. The molecular formula is C23H20ClF2N3O3. The Morgan fingerprint density at radius 1 is 0.969 bits per heavy atom. The largest absolute Gasteiger partial charge is 0.495 e. The van der Waals surface area contributed by atoms with E-state index in [0.29, 0.717) is 22.8 Å². The summed E-state index contributed by atoms with van der Waals surface area (Å²) in [5, 5.41) is 8.24. The van der Waals surface area contributed by atoms with Crippen molar-refractivity contribution >= 4 is 40.5 Å². The van der Waals surface area contributed by atoms with E-state index in [4.69, 9.17) is 16.3 Å². The Hall–Kier alpha value is -3.65. The molecule has 0 aromatic heterocycles. The zero-order valence-electron chi connectivity index (χ0n) is 17.2. The van der Waals surface area contributed by atoms with Gasteiger partial charge in [0.1, 0.15) is 23.4 Å². The highest BCUT2D eigenvalue weighted by Crippen LogP contribution is 2.29. The molecule has 0 saturated carbocycles. The molecule has 3 aromatic rings.